The van der Waals surface area contributed by atoms with E-state index in [4.69, 9.17) is 14.2 Å². The second-order valence-electron chi connectivity index (χ2n) is 4.21. The maximum atomic E-state index is 11.1. The topological polar surface area (TPSA) is 61.8 Å². The molecule has 5 heteroatoms. The van der Waals surface area contributed by atoms with Crippen molar-refractivity contribution in [2.45, 2.75) is 25.6 Å². The maximum Gasteiger partial charge on any atom is 0.306 e. The summed E-state index contributed by atoms with van der Waals surface area (Å²) in [6.45, 7) is 1.84. The Bertz CT molecular complexity index is 301. The maximum absolute atomic E-state index is 11.1. The van der Waals surface area contributed by atoms with Crippen LogP contribution < -0.4 is 0 Å². The standard InChI is InChI=1S/C11H15O5/c1-6(12)15-10-4-9-7(3-11(13)16-9)8(10)5-14-2/h4,7-10H,3,5H2,1-2H3/t7-,8-,9?,10-/m1/s1. The molecule has 1 radical (unpaired) electrons. The first-order valence-electron chi connectivity index (χ1n) is 5.32. The van der Waals surface area contributed by atoms with E-state index in [0.717, 1.165) is 0 Å². The number of carbonyl (C=O) groups is 2. The van der Waals surface area contributed by atoms with Crippen LogP contribution in [0.15, 0.2) is 0 Å². The molecule has 2 aliphatic rings. The molecule has 0 bridgehead atoms. The highest BCUT2D eigenvalue weighted by atomic mass is 16.6. The lowest BCUT2D eigenvalue weighted by molar-refractivity contribution is -0.148. The van der Waals surface area contributed by atoms with Crippen LogP contribution in [-0.4, -0.2) is 37.9 Å². The number of hydrogen-bond acceptors (Lipinski definition) is 5. The van der Waals surface area contributed by atoms with Gasteiger partial charge in [-0.25, -0.2) is 0 Å². The van der Waals surface area contributed by atoms with E-state index in [2.05, 4.69) is 0 Å². The molecular formula is C11H15O5. The van der Waals surface area contributed by atoms with E-state index in [0.29, 0.717) is 13.0 Å². The molecule has 1 unspecified atom stereocenters. The molecule has 4 atom stereocenters. The number of carbonyl (C=O) groups excluding carboxylic acids is 2. The monoisotopic (exact) mass is 227 g/mol. The molecule has 1 aliphatic carbocycles. The third-order valence-corrected chi connectivity index (χ3v) is 3.10. The number of methoxy groups -OCH3 is 1. The zero-order chi connectivity index (χ0) is 11.7. The molecule has 2 fully saturated rings. The second-order valence-corrected chi connectivity index (χ2v) is 4.21. The lowest BCUT2D eigenvalue weighted by Gasteiger charge is -2.21. The number of esters is 2. The molecule has 0 amide bonds. The fourth-order valence-electron chi connectivity index (χ4n) is 2.48. The first kappa shape index (κ1) is 11.4. The van der Waals surface area contributed by atoms with Gasteiger partial charge in [0.1, 0.15) is 12.2 Å². The molecule has 5 nitrogen and oxygen atoms in total. The summed E-state index contributed by atoms with van der Waals surface area (Å²) in [5.74, 6) is -0.413. The van der Waals surface area contributed by atoms with Crippen LogP contribution in [0.3, 0.4) is 0 Å². The summed E-state index contributed by atoms with van der Waals surface area (Å²) in [6.07, 6.45) is 1.64. The van der Waals surface area contributed by atoms with Crippen LogP contribution >= 0.6 is 0 Å². The molecule has 0 spiro atoms. The van der Waals surface area contributed by atoms with Gasteiger partial charge in [-0.1, -0.05) is 0 Å². The van der Waals surface area contributed by atoms with Crippen molar-refractivity contribution in [1.29, 1.82) is 0 Å². The quantitative estimate of drug-likeness (QED) is 0.650. The SMILES string of the molecule is COC[C@H]1[C@H](OC(C)=O)[CH]C2OC(=O)C[C@@H]21. The van der Waals surface area contributed by atoms with Crippen LogP contribution in [-0.2, 0) is 23.8 Å². The van der Waals surface area contributed by atoms with Crippen molar-refractivity contribution in [2.75, 3.05) is 13.7 Å². The van der Waals surface area contributed by atoms with E-state index in [1.165, 1.54) is 6.92 Å². The summed E-state index contributed by atoms with van der Waals surface area (Å²) in [5, 5.41) is 0. The third-order valence-electron chi connectivity index (χ3n) is 3.10. The lowest BCUT2D eigenvalue weighted by atomic mass is 9.93. The summed E-state index contributed by atoms with van der Waals surface area (Å²) < 4.78 is 15.4. The summed E-state index contributed by atoms with van der Waals surface area (Å²) >= 11 is 0. The largest absolute Gasteiger partial charge is 0.462 e. The van der Waals surface area contributed by atoms with Gasteiger partial charge < -0.3 is 14.2 Å². The van der Waals surface area contributed by atoms with Crippen LogP contribution in [0.1, 0.15) is 13.3 Å². The highest BCUT2D eigenvalue weighted by Crippen LogP contribution is 2.42. The summed E-state index contributed by atoms with van der Waals surface area (Å²) in [4.78, 5) is 22.1. The average Bonchev–Trinajstić information content (AvgIpc) is 2.65. The Labute approximate surface area is 94.0 Å². The van der Waals surface area contributed by atoms with Gasteiger partial charge in [-0.05, 0) is 0 Å². The fraction of sp³-hybridized carbons (Fsp3) is 0.727. The van der Waals surface area contributed by atoms with E-state index < -0.39 is 0 Å². The minimum atomic E-state index is -0.325. The van der Waals surface area contributed by atoms with Crippen molar-refractivity contribution in [3.05, 3.63) is 6.42 Å². The Hall–Kier alpha value is -1.10. The molecule has 0 aromatic heterocycles. The summed E-state index contributed by atoms with van der Waals surface area (Å²) in [6, 6.07) is 0. The minimum absolute atomic E-state index is 0.0188. The van der Waals surface area contributed by atoms with Gasteiger partial charge in [0, 0.05) is 32.3 Å². The van der Waals surface area contributed by atoms with Crippen molar-refractivity contribution < 1.29 is 23.8 Å². The molecule has 0 N–H and O–H groups in total. The highest BCUT2D eigenvalue weighted by Gasteiger charge is 2.51. The van der Waals surface area contributed by atoms with E-state index >= 15 is 0 Å². The Morgan fingerprint density at radius 3 is 3.00 bits per heavy atom. The van der Waals surface area contributed by atoms with Crippen molar-refractivity contribution in [1.82, 2.24) is 0 Å². The Morgan fingerprint density at radius 1 is 1.62 bits per heavy atom. The van der Waals surface area contributed by atoms with Crippen LogP contribution in [0.2, 0.25) is 0 Å². The Kier molecular flexibility index (Phi) is 3.14. The smallest absolute Gasteiger partial charge is 0.306 e. The zero-order valence-electron chi connectivity index (χ0n) is 9.34. The van der Waals surface area contributed by atoms with Crippen molar-refractivity contribution >= 4 is 11.9 Å². The van der Waals surface area contributed by atoms with E-state index in [9.17, 15) is 9.59 Å². The average molecular weight is 227 g/mol. The van der Waals surface area contributed by atoms with Crippen LogP contribution in [0, 0.1) is 18.3 Å². The van der Waals surface area contributed by atoms with E-state index in [1.807, 2.05) is 0 Å². The van der Waals surface area contributed by atoms with Gasteiger partial charge in [0.2, 0.25) is 0 Å². The Morgan fingerprint density at radius 2 is 2.38 bits per heavy atom. The normalized spacial score (nSPS) is 37.0. The molecule has 2 rings (SSSR count). The molecular weight excluding hydrogens is 212 g/mol. The van der Waals surface area contributed by atoms with Gasteiger partial charge in [-0.3, -0.25) is 9.59 Å². The van der Waals surface area contributed by atoms with Gasteiger partial charge in [0.15, 0.2) is 0 Å². The van der Waals surface area contributed by atoms with Gasteiger partial charge in [0.25, 0.3) is 0 Å². The minimum Gasteiger partial charge on any atom is -0.462 e. The van der Waals surface area contributed by atoms with Gasteiger partial charge in [0.05, 0.1) is 13.0 Å². The molecule has 0 aromatic rings. The fourth-order valence-corrected chi connectivity index (χ4v) is 2.48. The van der Waals surface area contributed by atoms with Crippen LogP contribution in [0.25, 0.3) is 0 Å². The first-order valence-corrected chi connectivity index (χ1v) is 5.32. The van der Waals surface area contributed by atoms with Gasteiger partial charge >= 0.3 is 11.9 Å². The van der Waals surface area contributed by atoms with Crippen molar-refractivity contribution in [2.24, 2.45) is 11.8 Å². The van der Waals surface area contributed by atoms with Crippen molar-refractivity contribution in [3.63, 3.8) is 0 Å². The highest BCUT2D eigenvalue weighted by molar-refractivity contribution is 5.73. The lowest BCUT2D eigenvalue weighted by Crippen LogP contribution is -2.28. The molecule has 1 heterocycles. The number of rotatable bonds is 3. The van der Waals surface area contributed by atoms with Gasteiger partial charge in [-0.15, -0.1) is 0 Å². The van der Waals surface area contributed by atoms with Crippen molar-refractivity contribution in [3.8, 4) is 0 Å². The van der Waals surface area contributed by atoms with E-state index in [1.54, 1.807) is 13.5 Å². The van der Waals surface area contributed by atoms with Crippen LogP contribution in [0.4, 0.5) is 0 Å². The zero-order valence-corrected chi connectivity index (χ0v) is 9.34. The van der Waals surface area contributed by atoms with E-state index in [-0.39, 0.29) is 36.0 Å². The molecule has 0 aromatic carbocycles. The van der Waals surface area contributed by atoms with Gasteiger partial charge in [-0.2, -0.15) is 0 Å². The molecule has 1 saturated carbocycles. The molecule has 16 heavy (non-hydrogen) atoms. The third kappa shape index (κ3) is 2.04. The van der Waals surface area contributed by atoms with Crippen LogP contribution in [0.5, 0.6) is 0 Å². The summed E-state index contributed by atoms with van der Waals surface area (Å²) in [5.41, 5.74) is 0. The Balaban J connectivity index is 2.06. The molecule has 89 valence electrons. The second kappa shape index (κ2) is 4.41. The predicted octanol–water partition coefficient (Wildman–Crippen LogP) is 0.330. The number of fused-ring (bicyclic) bond motifs is 1. The predicted molar refractivity (Wildman–Crippen MR) is 53.2 cm³/mol. The number of hydrogen-bond donors (Lipinski definition) is 0. The number of ether oxygens (including phenoxy) is 3. The molecule has 1 aliphatic heterocycles. The first-order chi connectivity index (χ1) is 7.61. The molecule has 1 saturated heterocycles. The summed E-state index contributed by atoms with van der Waals surface area (Å²) in [7, 11) is 1.59.